The van der Waals surface area contributed by atoms with Crippen molar-refractivity contribution >= 4 is 30.7 Å². The molecule has 25 heavy (non-hydrogen) atoms. The van der Waals surface area contributed by atoms with Gasteiger partial charge in [0.15, 0.2) is 0 Å². The molecular weight excluding hydrogens is 332 g/mol. The lowest BCUT2D eigenvalue weighted by molar-refractivity contribution is -0.120. The van der Waals surface area contributed by atoms with Crippen LogP contribution in [0.1, 0.15) is 0 Å². The van der Waals surface area contributed by atoms with E-state index >= 15 is 0 Å². The topological polar surface area (TPSA) is 50.6 Å². The van der Waals surface area contributed by atoms with E-state index in [1.54, 1.807) is 0 Å². The second-order valence-corrected chi connectivity index (χ2v) is 13.6. The van der Waals surface area contributed by atoms with Crippen LogP contribution < -0.4 is 4.90 Å². The van der Waals surface area contributed by atoms with Gasteiger partial charge in [-0.25, -0.2) is 4.98 Å². The van der Waals surface area contributed by atoms with Gasteiger partial charge in [-0.05, 0) is 25.2 Å². The van der Waals surface area contributed by atoms with Crippen LogP contribution in [0.3, 0.4) is 0 Å². The molecule has 0 spiro atoms. The molecule has 136 valence electrons. The highest BCUT2D eigenvalue weighted by Gasteiger charge is 2.25. The lowest BCUT2D eigenvalue weighted by Gasteiger charge is -2.32. The Balaban J connectivity index is 1.75. The smallest absolute Gasteiger partial charge is 0.241 e. The van der Waals surface area contributed by atoms with Gasteiger partial charge in [0.25, 0.3) is 0 Å². The van der Waals surface area contributed by atoms with Crippen LogP contribution in [0.2, 0.25) is 25.7 Å². The molecule has 1 amide bonds. The Morgan fingerprint density at radius 2 is 2.04 bits per heavy atom. The number of aromatic nitrogens is 2. The predicted octanol–water partition coefficient (Wildman–Crippen LogP) is 2.63. The number of fused-ring (bicyclic) bond motifs is 1. The number of carbonyl (C=O) groups is 1. The van der Waals surface area contributed by atoms with E-state index in [1.165, 1.54) is 0 Å². The molecule has 2 heterocycles. The molecule has 0 N–H and O–H groups in total. The zero-order valence-corrected chi connectivity index (χ0v) is 16.7. The maximum absolute atomic E-state index is 12.4. The Hall–Kier alpha value is -1.70. The molecule has 1 saturated heterocycles. The highest BCUT2D eigenvalue weighted by molar-refractivity contribution is 6.76. The van der Waals surface area contributed by atoms with Crippen LogP contribution in [0.15, 0.2) is 24.5 Å². The van der Waals surface area contributed by atoms with Crippen molar-refractivity contribution in [2.24, 2.45) is 0 Å². The maximum atomic E-state index is 12.4. The number of benzene rings is 1. The van der Waals surface area contributed by atoms with Crippen LogP contribution >= 0.6 is 0 Å². The number of nitrogens with zero attached hydrogens (tertiary/aromatic N) is 4. The number of hydrogen-bond donors (Lipinski definition) is 0. The van der Waals surface area contributed by atoms with Crippen LogP contribution in [0, 0.1) is 0 Å². The highest BCUT2D eigenvalue weighted by Crippen LogP contribution is 2.27. The predicted molar refractivity (Wildman–Crippen MR) is 104 cm³/mol. The zero-order chi connectivity index (χ0) is 18.0. The van der Waals surface area contributed by atoms with Gasteiger partial charge in [0.05, 0.1) is 24.1 Å². The van der Waals surface area contributed by atoms with Gasteiger partial charge < -0.3 is 14.2 Å². The Labute approximate surface area is 150 Å². The van der Waals surface area contributed by atoms with Gasteiger partial charge in [-0.3, -0.25) is 9.69 Å². The van der Waals surface area contributed by atoms with E-state index in [9.17, 15) is 4.79 Å². The molecule has 0 radical (unpaired) electrons. The van der Waals surface area contributed by atoms with Crippen LogP contribution in [0.25, 0.3) is 11.0 Å². The van der Waals surface area contributed by atoms with Crippen LogP contribution in [0.4, 0.5) is 5.69 Å². The summed E-state index contributed by atoms with van der Waals surface area (Å²) in [6, 6.07) is 7.16. The van der Waals surface area contributed by atoms with E-state index in [4.69, 9.17) is 4.74 Å². The lowest BCUT2D eigenvalue weighted by atomic mass is 10.2. The molecule has 1 aliphatic heterocycles. The molecule has 1 aliphatic rings. The number of likely N-dealkylation sites (N-methyl/N-ethyl adjacent to an activating group) is 1. The summed E-state index contributed by atoms with van der Waals surface area (Å²) >= 11 is 0. The molecule has 1 aromatic heterocycles. The lowest BCUT2D eigenvalue weighted by Crippen LogP contribution is -2.49. The number of hydrogen-bond acceptors (Lipinski definition) is 4. The number of rotatable bonds is 6. The Bertz CT molecular complexity index is 753. The Kier molecular flexibility index (Phi) is 5.26. The maximum Gasteiger partial charge on any atom is 0.241 e. The molecule has 0 saturated carbocycles. The van der Waals surface area contributed by atoms with Gasteiger partial charge in [-0.15, -0.1) is 0 Å². The third kappa shape index (κ3) is 4.29. The average Bonchev–Trinajstić information content (AvgIpc) is 2.94. The summed E-state index contributed by atoms with van der Waals surface area (Å²) in [6.45, 7) is 10.4. The first-order valence-corrected chi connectivity index (χ1v) is 12.6. The molecule has 1 aromatic carbocycles. The number of amides is 1. The molecular formula is C18H28N4O2Si. The van der Waals surface area contributed by atoms with Crippen molar-refractivity contribution in [2.45, 2.75) is 32.4 Å². The van der Waals surface area contributed by atoms with E-state index in [1.807, 2.05) is 45.9 Å². The molecule has 7 heteroatoms. The SMILES string of the molecule is CN1CCN(c2cccc3c2ncn3COCC[Si](C)(C)C)C(=O)C1. The zero-order valence-electron chi connectivity index (χ0n) is 15.7. The molecule has 3 rings (SSSR count). The average molecular weight is 361 g/mol. The summed E-state index contributed by atoms with van der Waals surface area (Å²) in [5, 5.41) is 0. The number of anilines is 1. The number of imidazole rings is 1. The number of piperazine rings is 1. The quantitative estimate of drug-likeness (QED) is 0.587. The summed E-state index contributed by atoms with van der Waals surface area (Å²) in [5.74, 6) is 0.127. The molecule has 2 aromatic rings. The molecule has 0 aliphatic carbocycles. The van der Waals surface area contributed by atoms with Gasteiger partial charge in [-0.1, -0.05) is 25.7 Å². The fraction of sp³-hybridized carbons (Fsp3) is 0.556. The molecule has 0 atom stereocenters. The second-order valence-electron chi connectivity index (χ2n) is 7.99. The second kappa shape index (κ2) is 7.27. The largest absolute Gasteiger partial charge is 0.361 e. The van der Waals surface area contributed by atoms with Crippen LogP contribution in [-0.4, -0.2) is 61.7 Å². The molecule has 0 unspecified atom stereocenters. The fourth-order valence-electron chi connectivity index (χ4n) is 2.98. The van der Waals surface area contributed by atoms with Gasteiger partial charge in [0, 0.05) is 27.8 Å². The summed E-state index contributed by atoms with van der Waals surface area (Å²) in [5.41, 5.74) is 2.78. The summed E-state index contributed by atoms with van der Waals surface area (Å²) in [7, 11) is 0.899. The first kappa shape index (κ1) is 18.1. The third-order valence-electron chi connectivity index (χ3n) is 4.56. The van der Waals surface area contributed by atoms with Crippen molar-refractivity contribution in [2.75, 3.05) is 38.2 Å². The minimum Gasteiger partial charge on any atom is -0.361 e. The summed E-state index contributed by atoms with van der Waals surface area (Å²) in [4.78, 5) is 20.8. The summed E-state index contributed by atoms with van der Waals surface area (Å²) < 4.78 is 7.87. The minimum absolute atomic E-state index is 0.127. The van der Waals surface area contributed by atoms with Gasteiger partial charge in [0.1, 0.15) is 12.2 Å². The molecule has 6 nitrogen and oxygen atoms in total. The van der Waals surface area contributed by atoms with Crippen LogP contribution in [0.5, 0.6) is 0 Å². The van der Waals surface area contributed by atoms with Crippen molar-refractivity contribution in [3.63, 3.8) is 0 Å². The van der Waals surface area contributed by atoms with Crippen molar-refractivity contribution < 1.29 is 9.53 Å². The summed E-state index contributed by atoms with van der Waals surface area (Å²) in [6.07, 6.45) is 1.81. The van der Waals surface area contributed by atoms with Gasteiger partial charge in [0.2, 0.25) is 5.91 Å². The first-order chi connectivity index (χ1) is 11.8. The van der Waals surface area contributed by atoms with Crippen LogP contribution in [-0.2, 0) is 16.3 Å². The molecule has 1 fully saturated rings. The Morgan fingerprint density at radius 1 is 1.24 bits per heavy atom. The van der Waals surface area contributed by atoms with E-state index < -0.39 is 8.07 Å². The monoisotopic (exact) mass is 360 g/mol. The minimum atomic E-state index is -1.08. The van der Waals surface area contributed by atoms with Crippen molar-refractivity contribution in [1.82, 2.24) is 14.5 Å². The fourth-order valence-corrected chi connectivity index (χ4v) is 3.74. The highest BCUT2D eigenvalue weighted by atomic mass is 28.3. The van der Waals surface area contributed by atoms with E-state index in [2.05, 4.69) is 24.6 Å². The van der Waals surface area contributed by atoms with Crippen molar-refractivity contribution in [3.05, 3.63) is 24.5 Å². The van der Waals surface area contributed by atoms with E-state index in [-0.39, 0.29) is 5.91 Å². The van der Waals surface area contributed by atoms with Gasteiger partial charge in [-0.2, -0.15) is 0 Å². The first-order valence-electron chi connectivity index (χ1n) is 8.86. The number of ether oxygens (including phenoxy) is 1. The van der Waals surface area contributed by atoms with Crippen molar-refractivity contribution in [1.29, 1.82) is 0 Å². The normalized spacial score (nSPS) is 16.8. The third-order valence-corrected chi connectivity index (χ3v) is 6.26. The Morgan fingerprint density at radius 3 is 2.76 bits per heavy atom. The van der Waals surface area contributed by atoms with E-state index in [0.29, 0.717) is 19.8 Å². The standard InChI is InChI=1S/C18H28N4O2Si/c1-20-8-9-22(17(23)12-20)16-7-5-6-15-18(16)19-13-21(15)14-24-10-11-25(2,3)4/h5-7,13H,8-12,14H2,1-4H3. The van der Waals surface area contributed by atoms with Crippen molar-refractivity contribution in [3.8, 4) is 0 Å². The molecule has 0 bridgehead atoms. The van der Waals surface area contributed by atoms with Gasteiger partial charge >= 0.3 is 0 Å². The number of para-hydroxylation sites is 1. The van der Waals surface area contributed by atoms with E-state index in [0.717, 1.165) is 35.9 Å². The number of carbonyl (C=O) groups excluding carboxylic acids is 1.